The molecule has 0 aliphatic rings. The predicted molar refractivity (Wildman–Crippen MR) is 73.2 cm³/mol. The van der Waals surface area contributed by atoms with Crippen molar-refractivity contribution in [3.63, 3.8) is 0 Å². The SMILES string of the molecule is CCN(CCOC)CC(=O)c1cc(C)n(C)c1C. The smallest absolute Gasteiger partial charge is 0.178 e. The van der Waals surface area contributed by atoms with Gasteiger partial charge >= 0.3 is 0 Å². The molecule has 0 amide bonds. The number of carbonyl (C=O) groups is 1. The number of carbonyl (C=O) groups excluding carboxylic acids is 1. The zero-order valence-electron chi connectivity index (χ0n) is 12.1. The lowest BCUT2D eigenvalue weighted by Crippen LogP contribution is -2.32. The van der Waals surface area contributed by atoms with Crippen LogP contribution in [0.4, 0.5) is 0 Å². The van der Waals surface area contributed by atoms with Crippen LogP contribution in [-0.2, 0) is 11.8 Å². The molecule has 0 aromatic carbocycles. The van der Waals surface area contributed by atoms with Crippen LogP contribution in [0.15, 0.2) is 6.07 Å². The first-order chi connectivity index (χ1) is 8.51. The highest BCUT2D eigenvalue weighted by atomic mass is 16.5. The molecule has 0 bridgehead atoms. The van der Waals surface area contributed by atoms with E-state index in [4.69, 9.17) is 4.74 Å². The van der Waals surface area contributed by atoms with Gasteiger partial charge in [-0.3, -0.25) is 9.69 Å². The van der Waals surface area contributed by atoms with Gasteiger partial charge in [0.05, 0.1) is 13.2 Å². The molecule has 0 saturated carbocycles. The normalized spacial score (nSPS) is 11.2. The second-order valence-electron chi connectivity index (χ2n) is 4.63. The third kappa shape index (κ3) is 3.43. The standard InChI is InChI=1S/C14H24N2O2/c1-6-16(7-8-18-5)10-14(17)13-9-11(2)15(4)12(13)3/h9H,6-8,10H2,1-5H3. The molecule has 1 rings (SSSR count). The minimum absolute atomic E-state index is 0.189. The first kappa shape index (κ1) is 14.9. The van der Waals surface area contributed by atoms with Gasteiger partial charge in [-0.25, -0.2) is 0 Å². The van der Waals surface area contributed by atoms with Crippen LogP contribution in [0.5, 0.6) is 0 Å². The van der Waals surface area contributed by atoms with Gasteiger partial charge in [-0.05, 0) is 26.5 Å². The summed E-state index contributed by atoms with van der Waals surface area (Å²) in [5, 5.41) is 0. The molecule has 0 aliphatic carbocycles. The van der Waals surface area contributed by atoms with Crippen molar-refractivity contribution < 1.29 is 9.53 Å². The number of aryl methyl sites for hydroxylation is 1. The van der Waals surface area contributed by atoms with Gasteiger partial charge in [0, 0.05) is 37.7 Å². The Hall–Kier alpha value is -1.13. The molecule has 0 atom stereocenters. The van der Waals surface area contributed by atoms with Crippen molar-refractivity contribution in [1.29, 1.82) is 0 Å². The van der Waals surface area contributed by atoms with E-state index in [0.29, 0.717) is 13.2 Å². The van der Waals surface area contributed by atoms with Crippen molar-refractivity contribution in [1.82, 2.24) is 9.47 Å². The number of ketones is 1. The fraction of sp³-hybridized carbons (Fsp3) is 0.643. The lowest BCUT2D eigenvalue weighted by Gasteiger charge is -2.18. The minimum atomic E-state index is 0.189. The highest BCUT2D eigenvalue weighted by Gasteiger charge is 2.16. The lowest BCUT2D eigenvalue weighted by atomic mass is 10.1. The molecule has 0 fully saturated rings. The zero-order chi connectivity index (χ0) is 13.7. The predicted octanol–water partition coefficient (Wildman–Crippen LogP) is 1.79. The Labute approximate surface area is 110 Å². The topological polar surface area (TPSA) is 34.5 Å². The monoisotopic (exact) mass is 252 g/mol. The Morgan fingerprint density at radius 3 is 2.56 bits per heavy atom. The van der Waals surface area contributed by atoms with Crippen molar-refractivity contribution in [2.24, 2.45) is 7.05 Å². The van der Waals surface area contributed by atoms with Gasteiger partial charge in [-0.2, -0.15) is 0 Å². The van der Waals surface area contributed by atoms with Crippen LogP contribution in [0.2, 0.25) is 0 Å². The maximum Gasteiger partial charge on any atom is 0.178 e. The molecule has 0 spiro atoms. The average Bonchev–Trinajstić information content (AvgIpc) is 2.62. The molecule has 0 aliphatic heterocycles. The van der Waals surface area contributed by atoms with Crippen LogP contribution in [0.1, 0.15) is 28.7 Å². The van der Waals surface area contributed by atoms with Gasteiger partial charge in [0.1, 0.15) is 0 Å². The number of ether oxygens (including phenoxy) is 1. The van der Waals surface area contributed by atoms with Crippen LogP contribution in [0, 0.1) is 13.8 Å². The van der Waals surface area contributed by atoms with E-state index in [-0.39, 0.29) is 5.78 Å². The summed E-state index contributed by atoms with van der Waals surface area (Å²) in [6.07, 6.45) is 0. The van der Waals surface area contributed by atoms with E-state index in [9.17, 15) is 4.79 Å². The van der Waals surface area contributed by atoms with E-state index in [1.165, 1.54) is 0 Å². The van der Waals surface area contributed by atoms with Crippen molar-refractivity contribution in [2.45, 2.75) is 20.8 Å². The summed E-state index contributed by atoms with van der Waals surface area (Å²) in [5.41, 5.74) is 3.00. The van der Waals surface area contributed by atoms with Gasteiger partial charge in [-0.1, -0.05) is 6.92 Å². The van der Waals surface area contributed by atoms with Gasteiger partial charge < -0.3 is 9.30 Å². The molecule has 18 heavy (non-hydrogen) atoms. The molecule has 1 heterocycles. The van der Waals surface area contributed by atoms with E-state index in [1.807, 2.05) is 27.0 Å². The quantitative estimate of drug-likeness (QED) is 0.694. The highest BCUT2D eigenvalue weighted by molar-refractivity contribution is 5.99. The summed E-state index contributed by atoms with van der Waals surface area (Å²) < 4.78 is 7.11. The Morgan fingerprint density at radius 1 is 1.44 bits per heavy atom. The van der Waals surface area contributed by atoms with Crippen molar-refractivity contribution in [2.75, 3.05) is 33.4 Å². The second-order valence-corrected chi connectivity index (χ2v) is 4.63. The Morgan fingerprint density at radius 2 is 2.11 bits per heavy atom. The number of Topliss-reactive ketones (excluding diaryl/α,β-unsaturated/α-hetero) is 1. The summed E-state index contributed by atoms with van der Waals surface area (Å²) in [6.45, 7) is 8.85. The molecule has 4 nitrogen and oxygen atoms in total. The van der Waals surface area contributed by atoms with E-state index in [2.05, 4.69) is 16.4 Å². The number of hydrogen-bond acceptors (Lipinski definition) is 3. The van der Waals surface area contributed by atoms with Crippen LogP contribution in [0.3, 0.4) is 0 Å². The third-order valence-electron chi connectivity index (χ3n) is 3.50. The minimum Gasteiger partial charge on any atom is -0.383 e. The van der Waals surface area contributed by atoms with Gasteiger partial charge in [0.2, 0.25) is 0 Å². The van der Waals surface area contributed by atoms with Crippen molar-refractivity contribution in [3.8, 4) is 0 Å². The highest BCUT2D eigenvalue weighted by Crippen LogP contribution is 2.14. The molecule has 0 radical (unpaired) electrons. The molecule has 0 N–H and O–H groups in total. The maximum absolute atomic E-state index is 12.3. The van der Waals surface area contributed by atoms with E-state index < -0.39 is 0 Å². The van der Waals surface area contributed by atoms with Gasteiger partial charge in [0.15, 0.2) is 5.78 Å². The molecular formula is C14H24N2O2. The molecule has 102 valence electrons. The fourth-order valence-electron chi connectivity index (χ4n) is 2.00. The maximum atomic E-state index is 12.3. The Bertz CT molecular complexity index is 410. The largest absolute Gasteiger partial charge is 0.383 e. The first-order valence-electron chi connectivity index (χ1n) is 6.38. The summed E-state index contributed by atoms with van der Waals surface area (Å²) >= 11 is 0. The number of hydrogen-bond donors (Lipinski definition) is 0. The van der Waals surface area contributed by atoms with Crippen LogP contribution >= 0.6 is 0 Å². The number of rotatable bonds is 7. The summed E-state index contributed by atoms with van der Waals surface area (Å²) in [7, 11) is 3.67. The molecule has 1 aromatic rings. The average molecular weight is 252 g/mol. The summed E-state index contributed by atoms with van der Waals surface area (Å²) in [4.78, 5) is 14.4. The molecule has 1 aromatic heterocycles. The lowest BCUT2D eigenvalue weighted by molar-refractivity contribution is 0.0901. The van der Waals surface area contributed by atoms with Gasteiger partial charge in [0.25, 0.3) is 0 Å². The van der Waals surface area contributed by atoms with E-state index in [1.54, 1.807) is 7.11 Å². The fourth-order valence-corrected chi connectivity index (χ4v) is 2.00. The van der Waals surface area contributed by atoms with E-state index >= 15 is 0 Å². The third-order valence-corrected chi connectivity index (χ3v) is 3.50. The zero-order valence-corrected chi connectivity index (χ0v) is 12.1. The number of likely N-dealkylation sites (N-methyl/N-ethyl adjacent to an activating group) is 1. The first-order valence-corrected chi connectivity index (χ1v) is 6.38. The van der Waals surface area contributed by atoms with Crippen molar-refractivity contribution >= 4 is 5.78 Å². The number of aromatic nitrogens is 1. The summed E-state index contributed by atoms with van der Waals surface area (Å²) in [5.74, 6) is 0.189. The molecule has 0 saturated heterocycles. The van der Waals surface area contributed by atoms with Gasteiger partial charge in [-0.15, -0.1) is 0 Å². The molecule has 0 unspecified atom stereocenters. The molecule has 4 heteroatoms. The Balaban J connectivity index is 2.71. The van der Waals surface area contributed by atoms with Crippen LogP contribution in [-0.4, -0.2) is 48.6 Å². The van der Waals surface area contributed by atoms with E-state index in [0.717, 1.165) is 30.0 Å². The Kier molecular flexibility index (Phi) is 5.56. The van der Waals surface area contributed by atoms with Crippen molar-refractivity contribution in [3.05, 3.63) is 23.0 Å². The second kappa shape index (κ2) is 6.71. The number of nitrogens with zero attached hydrogens (tertiary/aromatic N) is 2. The molecular weight excluding hydrogens is 228 g/mol. The van der Waals surface area contributed by atoms with Crippen LogP contribution in [0.25, 0.3) is 0 Å². The summed E-state index contributed by atoms with van der Waals surface area (Å²) in [6, 6.07) is 1.97. The van der Waals surface area contributed by atoms with Crippen LogP contribution < -0.4 is 0 Å². The number of methoxy groups -OCH3 is 1.